The molecule has 2 bridgehead atoms. The van der Waals surface area contributed by atoms with E-state index in [9.17, 15) is 24.6 Å². The smallest absolute Gasteiger partial charge is 0.338 e. The molecule has 6 aliphatic rings. The molecule has 0 aromatic heterocycles. The van der Waals surface area contributed by atoms with Crippen LogP contribution in [0.2, 0.25) is 0 Å². The molecule has 41 heavy (non-hydrogen) atoms. The van der Waals surface area contributed by atoms with Gasteiger partial charge in [-0.05, 0) is 23.5 Å². The van der Waals surface area contributed by atoms with Crippen molar-refractivity contribution in [2.75, 3.05) is 6.61 Å². The number of carbonyl (C=O) groups is 3. The van der Waals surface area contributed by atoms with Crippen molar-refractivity contribution in [1.82, 2.24) is 0 Å². The Hall–Kier alpha value is -2.53. The van der Waals surface area contributed by atoms with Crippen molar-refractivity contribution in [3.05, 3.63) is 35.9 Å². The minimum absolute atomic E-state index is 0.0570. The van der Waals surface area contributed by atoms with Crippen molar-refractivity contribution in [3.63, 3.8) is 0 Å². The lowest BCUT2D eigenvalue weighted by molar-refractivity contribution is -0.408. The van der Waals surface area contributed by atoms with Crippen LogP contribution in [0.5, 0.6) is 0 Å². The average Bonchev–Trinajstić information content (AvgIpc) is 2.99. The summed E-state index contributed by atoms with van der Waals surface area (Å²) in [5.41, 5.74) is -5.21. The third kappa shape index (κ3) is 2.69. The summed E-state index contributed by atoms with van der Waals surface area (Å²) in [6.45, 7) is 10.6. The maximum absolute atomic E-state index is 13.9. The largest absolute Gasteiger partial charge is 0.459 e. The standard InChI is InChI=1S/C31H38O10/c1-14-20-23(38-15(2)32)31-28(6)18(34)12-19-29(13-37-19,40-16(3)33)22(28)25(39-26(36)17-10-8-7-9-11-17)30(31,27(20,4)5)24(41-31)21(14)35/h7-11,14,18-25,34-35H,12-13H2,1-6H3/t14-,18+,19-,20-,21+,22+,23-,24-,25+,28-,29+,30+,31-/m1/s1. The van der Waals surface area contributed by atoms with E-state index in [0.717, 1.165) is 0 Å². The quantitative estimate of drug-likeness (QED) is 0.409. The van der Waals surface area contributed by atoms with Gasteiger partial charge in [0.25, 0.3) is 0 Å². The van der Waals surface area contributed by atoms with Gasteiger partial charge in [0.2, 0.25) is 0 Å². The summed E-state index contributed by atoms with van der Waals surface area (Å²) in [4.78, 5) is 39.2. The molecule has 1 aromatic rings. The zero-order valence-corrected chi connectivity index (χ0v) is 24.2. The van der Waals surface area contributed by atoms with Crippen molar-refractivity contribution in [2.24, 2.45) is 34.0 Å². The molecule has 2 N–H and O–H groups in total. The van der Waals surface area contributed by atoms with Gasteiger partial charge < -0.3 is 33.9 Å². The monoisotopic (exact) mass is 570 g/mol. The van der Waals surface area contributed by atoms with Crippen LogP contribution < -0.4 is 0 Å². The van der Waals surface area contributed by atoms with E-state index in [1.54, 1.807) is 30.3 Å². The third-order valence-corrected chi connectivity index (χ3v) is 12.2. The second-order valence-corrected chi connectivity index (χ2v) is 13.8. The number of carbonyl (C=O) groups excluding carboxylic acids is 3. The van der Waals surface area contributed by atoms with Crippen LogP contribution in [0.1, 0.15) is 58.3 Å². The molecule has 2 saturated heterocycles. The maximum atomic E-state index is 13.9. The number of aliphatic hydroxyl groups excluding tert-OH is 2. The van der Waals surface area contributed by atoms with Gasteiger partial charge in [0.15, 0.2) is 5.60 Å². The second-order valence-electron chi connectivity index (χ2n) is 13.8. The van der Waals surface area contributed by atoms with Gasteiger partial charge in [0.1, 0.15) is 23.9 Å². The fourth-order valence-electron chi connectivity index (χ4n) is 11.1. The number of rotatable bonds is 4. The van der Waals surface area contributed by atoms with Crippen LogP contribution in [0.3, 0.4) is 0 Å². The van der Waals surface area contributed by atoms with E-state index in [-0.39, 0.29) is 24.9 Å². The summed E-state index contributed by atoms with van der Waals surface area (Å²) in [7, 11) is 0. The molecule has 6 fully saturated rings. The lowest BCUT2D eigenvalue weighted by Crippen LogP contribution is -2.82. The second kappa shape index (κ2) is 8.09. The highest BCUT2D eigenvalue weighted by atomic mass is 16.6. The fraction of sp³-hybridized carbons (Fsp3) is 0.710. The van der Waals surface area contributed by atoms with Crippen LogP contribution in [-0.4, -0.2) is 82.6 Å². The van der Waals surface area contributed by atoms with E-state index in [0.29, 0.717) is 5.56 Å². The zero-order valence-electron chi connectivity index (χ0n) is 24.2. The topological polar surface area (TPSA) is 138 Å². The van der Waals surface area contributed by atoms with Crippen LogP contribution in [0.15, 0.2) is 30.3 Å². The van der Waals surface area contributed by atoms with Gasteiger partial charge in [-0.2, -0.15) is 0 Å². The Bertz CT molecular complexity index is 1330. The van der Waals surface area contributed by atoms with Crippen LogP contribution in [0, 0.1) is 34.0 Å². The summed E-state index contributed by atoms with van der Waals surface area (Å²) in [5, 5.41) is 23.7. The summed E-state index contributed by atoms with van der Waals surface area (Å²) in [5.74, 6) is -3.07. The van der Waals surface area contributed by atoms with Crippen molar-refractivity contribution < 1.29 is 48.3 Å². The van der Waals surface area contributed by atoms with Gasteiger partial charge in [-0.25, -0.2) is 4.79 Å². The number of esters is 3. The van der Waals surface area contributed by atoms with E-state index in [1.165, 1.54) is 13.8 Å². The summed E-state index contributed by atoms with van der Waals surface area (Å²) < 4.78 is 31.6. The highest BCUT2D eigenvalue weighted by molar-refractivity contribution is 5.89. The molecule has 4 aliphatic carbocycles. The SMILES string of the molecule is CC(=O)O[C@@H]1[C@H]2[C@@H](C)[C@H](O)[C@H]3O[C@@]14[C@@]1(C)[C@H]([C@H](OC(=O)c5ccccc5)[C@]34C2(C)C)[C@]2(OC(C)=O)CO[C@@H]2C[C@@H]1O. The summed E-state index contributed by atoms with van der Waals surface area (Å²) in [6, 6.07) is 8.62. The van der Waals surface area contributed by atoms with Gasteiger partial charge >= 0.3 is 17.9 Å². The molecular formula is C31H38O10. The molecule has 1 aromatic carbocycles. The molecular weight excluding hydrogens is 532 g/mol. The number of hydrogen-bond donors (Lipinski definition) is 2. The minimum atomic E-state index is -1.34. The number of aliphatic hydroxyl groups is 2. The molecule has 10 nitrogen and oxygen atoms in total. The molecule has 1 spiro atoms. The Morgan fingerprint density at radius 2 is 1.66 bits per heavy atom. The Kier molecular flexibility index (Phi) is 5.39. The van der Waals surface area contributed by atoms with Crippen molar-refractivity contribution in [1.29, 1.82) is 0 Å². The molecule has 0 radical (unpaired) electrons. The average molecular weight is 571 g/mol. The first-order valence-corrected chi connectivity index (χ1v) is 14.5. The third-order valence-electron chi connectivity index (χ3n) is 12.2. The summed E-state index contributed by atoms with van der Waals surface area (Å²) >= 11 is 0. The van der Waals surface area contributed by atoms with E-state index >= 15 is 0 Å². The predicted octanol–water partition coefficient (Wildman–Crippen LogP) is 2.04. The minimum Gasteiger partial charge on any atom is -0.459 e. The molecule has 10 heteroatoms. The van der Waals surface area contributed by atoms with Gasteiger partial charge in [0, 0.05) is 31.6 Å². The highest BCUT2D eigenvalue weighted by Gasteiger charge is 3.01. The van der Waals surface area contributed by atoms with Gasteiger partial charge in [-0.15, -0.1) is 0 Å². The van der Waals surface area contributed by atoms with Crippen LogP contribution in [0.4, 0.5) is 0 Å². The van der Waals surface area contributed by atoms with E-state index in [2.05, 4.69) is 13.8 Å². The normalized spacial score (nSPS) is 51.2. The van der Waals surface area contributed by atoms with Crippen LogP contribution >= 0.6 is 0 Å². The van der Waals surface area contributed by atoms with Gasteiger partial charge in [0.05, 0.1) is 41.8 Å². The van der Waals surface area contributed by atoms with E-state index < -0.39 is 87.9 Å². The maximum Gasteiger partial charge on any atom is 0.338 e. The highest BCUT2D eigenvalue weighted by Crippen LogP contribution is 2.89. The Morgan fingerprint density at radius 3 is 2.24 bits per heavy atom. The van der Waals surface area contributed by atoms with E-state index in [1.807, 2.05) is 13.8 Å². The van der Waals surface area contributed by atoms with Crippen molar-refractivity contribution >= 4 is 17.9 Å². The molecule has 222 valence electrons. The fourth-order valence-corrected chi connectivity index (χ4v) is 11.1. The lowest BCUT2D eigenvalue weighted by Gasteiger charge is -2.69. The van der Waals surface area contributed by atoms with Crippen molar-refractivity contribution in [3.8, 4) is 0 Å². The molecule has 7 rings (SSSR count). The van der Waals surface area contributed by atoms with Gasteiger partial charge in [-0.3, -0.25) is 9.59 Å². The molecule has 2 aliphatic heterocycles. The van der Waals surface area contributed by atoms with Crippen LogP contribution in [0.25, 0.3) is 0 Å². The van der Waals surface area contributed by atoms with Gasteiger partial charge in [-0.1, -0.05) is 45.9 Å². The zero-order chi connectivity index (χ0) is 29.5. The molecule has 0 unspecified atom stereocenters. The summed E-state index contributed by atoms with van der Waals surface area (Å²) in [6.07, 6.45) is -5.06. The van der Waals surface area contributed by atoms with E-state index in [4.69, 9.17) is 23.7 Å². The number of fused-ring (bicyclic) bond motifs is 4. The Balaban J connectivity index is 1.51. The number of benzene rings is 1. The first kappa shape index (κ1) is 27.3. The molecule has 0 amide bonds. The number of ether oxygens (including phenoxy) is 5. The molecule has 4 saturated carbocycles. The predicted molar refractivity (Wildman–Crippen MR) is 140 cm³/mol. The Labute approximate surface area is 238 Å². The van der Waals surface area contributed by atoms with Crippen LogP contribution in [-0.2, 0) is 33.3 Å². The molecule has 2 heterocycles. The number of hydrogen-bond acceptors (Lipinski definition) is 10. The Morgan fingerprint density at radius 1 is 0.976 bits per heavy atom. The molecule has 13 atom stereocenters. The first-order chi connectivity index (χ1) is 19.2. The van der Waals surface area contributed by atoms with Crippen molar-refractivity contribution in [2.45, 2.75) is 95.8 Å². The lowest BCUT2D eigenvalue weighted by atomic mass is 9.46. The first-order valence-electron chi connectivity index (χ1n) is 14.5.